The molecule has 1 aliphatic carbocycles. The molecule has 0 atom stereocenters. The summed E-state index contributed by atoms with van der Waals surface area (Å²) in [7, 11) is 0. The van der Waals surface area contributed by atoms with Gasteiger partial charge in [0, 0.05) is 22.1 Å². The number of phenols is 1. The molecule has 3 aromatic carbocycles. The number of rotatable bonds is 0. The molecule has 0 fully saturated rings. The fourth-order valence-corrected chi connectivity index (χ4v) is 2.87. The lowest BCUT2D eigenvalue weighted by Crippen LogP contribution is -1.94. The Morgan fingerprint density at radius 2 is 1.22 bits per heavy atom. The third kappa shape index (κ3) is 2.61. The van der Waals surface area contributed by atoms with E-state index in [1.54, 1.807) is 6.07 Å². The SMILES string of the molecule is CC.CC.O=C1c2ccccc2-c2c1cc(O)c1ccccc21. The Hall–Kier alpha value is -2.61. The van der Waals surface area contributed by atoms with E-state index < -0.39 is 0 Å². The lowest BCUT2D eigenvalue weighted by Gasteiger charge is -2.07. The van der Waals surface area contributed by atoms with Crippen molar-refractivity contribution >= 4 is 16.6 Å². The average molecular weight is 306 g/mol. The first-order valence-electron chi connectivity index (χ1n) is 8.16. The molecule has 2 nitrogen and oxygen atoms in total. The van der Waals surface area contributed by atoms with Crippen LogP contribution >= 0.6 is 0 Å². The third-order valence-corrected chi connectivity index (χ3v) is 3.71. The minimum atomic E-state index is -0.00773. The molecule has 0 saturated heterocycles. The number of hydrogen-bond donors (Lipinski definition) is 1. The summed E-state index contributed by atoms with van der Waals surface area (Å²) in [6.07, 6.45) is 0. The minimum Gasteiger partial charge on any atom is -0.507 e. The zero-order valence-corrected chi connectivity index (χ0v) is 14.1. The third-order valence-electron chi connectivity index (χ3n) is 3.71. The maximum absolute atomic E-state index is 12.4. The Labute approximate surface area is 137 Å². The number of benzene rings is 3. The molecule has 0 aliphatic heterocycles. The standard InChI is InChI=1S/C17H10O2.2C2H6/c18-15-9-14-16(11-6-2-1-5-10(11)15)12-7-3-4-8-13(12)17(14)19;2*1-2/h1-9,18H;2*1-2H3. The van der Waals surface area contributed by atoms with Crippen LogP contribution in [0, 0.1) is 0 Å². The smallest absolute Gasteiger partial charge is 0.194 e. The van der Waals surface area contributed by atoms with Gasteiger partial charge in [-0.15, -0.1) is 0 Å². The molecule has 118 valence electrons. The van der Waals surface area contributed by atoms with Crippen molar-refractivity contribution in [1.29, 1.82) is 0 Å². The number of fused-ring (bicyclic) bond motifs is 5. The van der Waals surface area contributed by atoms with Gasteiger partial charge in [0.1, 0.15) is 5.75 Å². The zero-order chi connectivity index (χ0) is 17.0. The van der Waals surface area contributed by atoms with E-state index in [0.717, 1.165) is 21.9 Å². The highest BCUT2D eigenvalue weighted by Gasteiger charge is 2.28. The van der Waals surface area contributed by atoms with Gasteiger partial charge in [-0.25, -0.2) is 0 Å². The molecular weight excluding hydrogens is 284 g/mol. The monoisotopic (exact) mass is 306 g/mol. The van der Waals surface area contributed by atoms with Crippen molar-refractivity contribution < 1.29 is 9.90 Å². The average Bonchev–Trinajstić information content (AvgIpc) is 2.92. The molecule has 0 aromatic heterocycles. The minimum absolute atomic E-state index is 0.00773. The van der Waals surface area contributed by atoms with Crippen LogP contribution in [0.15, 0.2) is 54.6 Å². The molecule has 0 spiro atoms. The van der Waals surface area contributed by atoms with E-state index >= 15 is 0 Å². The maximum atomic E-state index is 12.4. The summed E-state index contributed by atoms with van der Waals surface area (Å²) in [5, 5.41) is 11.8. The van der Waals surface area contributed by atoms with E-state index in [4.69, 9.17) is 0 Å². The largest absolute Gasteiger partial charge is 0.507 e. The first-order valence-corrected chi connectivity index (χ1v) is 8.16. The number of carbonyl (C=O) groups excluding carboxylic acids is 1. The van der Waals surface area contributed by atoms with E-state index in [1.165, 1.54) is 0 Å². The van der Waals surface area contributed by atoms with Crippen LogP contribution in [-0.4, -0.2) is 10.9 Å². The highest BCUT2D eigenvalue weighted by atomic mass is 16.3. The van der Waals surface area contributed by atoms with Gasteiger partial charge < -0.3 is 5.11 Å². The zero-order valence-electron chi connectivity index (χ0n) is 14.1. The van der Waals surface area contributed by atoms with Crippen LogP contribution in [0.5, 0.6) is 5.75 Å². The van der Waals surface area contributed by atoms with Gasteiger partial charge in [-0.05, 0) is 17.0 Å². The molecule has 0 heterocycles. The Kier molecular flexibility index (Phi) is 5.17. The van der Waals surface area contributed by atoms with Gasteiger partial charge in [0.25, 0.3) is 0 Å². The normalized spacial score (nSPS) is 10.9. The first-order chi connectivity index (χ1) is 11.3. The summed E-state index contributed by atoms with van der Waals surface area (Å²) in [6.45, 7) is 8.00. The Bertz CT molecular complexity index is 848. The molecule has 23 heavy (non-hydrogen) atoms. The fourth-order valence-electron chi connectivity index (χ4n) is 2.87. The van der Waals surface area contributed by atoms with Crippen molar-refractivity contribution in [2.24, 2.45) is 0 Å². The highest BCUT2D eigenvalue weighted by Crippen LogP contribution is 2.43. The summed E-state index contributed by atoms with van der Waals surface area (Å²) in [4.78, 5) is 12.4. The number of carbonyl (C=O) groups is 1. The molecule has 0 bridgehead atoms. The molecule has 1 aliphatic rings. The van der Waals surface area contributed by atoms with Crippen molar-refractivity contribution in [2.45, 2.75) is 27.7 Å². The second kappa shape index (κ2) is 7.10. The van der Waals surface area contributed by atoms with Crippen LogP contribution in [0.2, 0.25) is 0 Å². The lowest BCUT2D eigenvalue weighted by atomic mass is 9.97. The lowest BCUT2D eigenvalue weighted by molar-refractivity contribution is 0.104. The predicted molar refractivity (Wildman–Crippen MR) is 97.2 cm³/mol. The van der Waals surface area contributed by atoms with Crippen LogP contribution in [-0.2, 0) is 0 Å². The van der Waals surface area contributed by atoms with E-state index in [1.807, 2.05) is 76.2 Å². The maximum Gasteiger partial charge on any atom is 0.194 e. The Morgan fingerprint density at radius 3 is 1.87 bits per heavy atom. The van der Waals surface area contributed by atoms with E-state index in [2.05, 4.69) is 0 Å². The van der Waals surface area contributed by atoms with Crippen LogP contribution < -0.4 is 0 Å². The van der Waals surface area contributed by atoms with Gasteiger partial charge in [0.15, 0.2) is 5.78 Å². The van der Waals surface area contributed by atoms with Gasteiger partial charge in [-0.1, -0.05) is 76.2 Å². The van der Waals surface area contributed by atoms with Gasteiger partial charge in [0.2, 0.25) is 0 Å². The number of aromatic hydroxyl groups is 1. The van der Waals surface area contributed by atoms with Crippen LogP contribution in [0.25, 0.3) is 21.9 Å². The molecule has 3 aromatic rings. The van der Waals surface area contributed by atoms with Gasteiger partial charge in [0.05, 0.1) is 0 Å². The Balaban J connectivity index is 0.000000448. The van der Waals surface area contributed by atoms with Crippen molar-refractivity contribution in [2.75, 3.05) is 0 Å². The number of hydrogen-bond acceptors (Lipinski definition) is 2. The van der Waals surface area contributed by atoms with Crippen molar-refractivity contribution in [3.05, 3.63) is 65.7 Å². The number of phenolic OH excluding ortho intramolecular Hbond substituents is 1. The molecule has 0 amide bonds. The summed E-state index contributed by atoms with van der Waals surface area (Å²) in [6, 6.07) is 16.8. The fraction of sp³-hybridized carbons (Fsp3) is 0.190. The first kappa shape index (κ1) is 16.8. The highest BCUT2D eigenvalue weighted by molar-refractivity contribution is 6.26. The summed E-state index contributed by atoms with van der Waals surface area (Å²) < 4.78 is 0. The second-order valence-electron chi connectivity index (χ2n) is 4.74. The van der Waals surface area contributed by atoms with E-state index in [9.17, 15) is 9.90 Å². The van der Waals surface area contributed by atoms with Crippen molar-refractivity contribution in [1.82, 2.24) is 0 Å². The van der Waals surface area contributed by atoms with E-state index in [0.29, 0.717) is 11.1 Å². The topological polar surface area (TPSA) is 37.3 Å². The molecular formula is C21H22O2. The van der Waals surface area contributed by atoms with Crippen LogP contribution in [0.1, 0.15) is 43.6 Å². The second-order valence-corrected chi connectivity index (χ2v) is 4.74. The summed E-state index contributed by atoms with van der Waals surface area (Å²) in [5.41, 5.74) is 3.21. The molecule has 1 N–H and O–H groups in total. The molecule has 0 unspecified atom stereocenters. The summed E-state index contributed by atoms with van der Waals surface area (Å²) >= 11 is 0. The summed E-state index contributed by atoms with van der Waals surface area (Å²) in [5.74, 6) is 0.155. The quantitative estimate of drug-likeness (QED) is 0.445. The molecule has 4 rings (SSSR count). The molecule has 0 saturated carbocycles. The van der Waals surface area contributed by atoms with Crippen molar-refractivity contribution in [3.63, 3.8) is 0 Å². The van der Waals surface area contributed by atoms with Gasteiger partial charge >= 0.3 is 0 Å². The van der Waals surface area contributed by atoms with Crippen LogP contribution in [0.3, 0.4) is 0 Å². The Morgan fingerprint density at radius 1 is 0.696 bits per heavy atom. The number of ketones is 1. The molecule has 0 radical (unpaired) electrons. The molecule has 2 heteroatoms. The predicted octanol–water partition coefficient (Wildman–Crippen LogP) is 5.81. The van der Waals surface area contributed by atoms with Crippen molar-refractivity contribution in [3.8, 4) is 16.9 Å². The van der Waals surface area contributed by atoms with Gasteiger partial charge in [-0.2, -0.15) is 0 Å². The van der Waals surface area contributed by atoms with Crippen LogP contribution in [0.4, 0.5) is 0 Å². The van der Waals surface area contributed by atoms with Gasteiger partial charge in [-0.3, -0.25) is 4.79 Å². The van der Waals surface area contributed by atoms with E-state index in [-0.39, 0.29) is 11.5 Å².